The Balaban J connectivity index is 1.53. The Morgan fingerprint density at radius 3 is 2.60 bits per heavy atom. The lowest BCUT2D eigenvalue weighted by Crippen LogP contribution is -2.51. The van der Waals surface area contributed by atoms with Crippen LogP contribution in [-0.2, 0) is 5.41 Å². The molecule has 7 heteroatoms. The predicted octanol–water partition coefficient (Wildman–Crippen LogP) is 2.71. The molecule has 3 N–H and O–H groups in total. The highest BCUT2D eigenvalue weighted by Crippen LogP contribution is 2.39. The molecule has 0 radical (unpaired) electrons. The number of benzene rings is 1. The maximum absolute atomic E-state index is 12.5. The molecule has 152 valence electrons. The first-order valence-electron chi connectivity index (χ1n) is 10.2. The van der Waals surface area contributed by atoms with Crippen LogP contribution in [-0.4, -0.2) is 46.3 Å². The number of hydrogen-bond donors (Lipinski definition) is 3. The van der Waals surface area contributed by atoms with Crippen molar-refractivity contribution in [2.24, 2.45) is 0 Å². The van der Waals surface area contributed by atoms with Gasteiger partial charge in [0, 0.05) is 35.0 Å². The molecular weight excluding hydrogens is 378 g/mol. The zero-order valence-corrected chi connectivity index (χ0v) is 16.8. The number of H-pyrrole nitrogens is 1. The number of nitrogens with one attached hydrogen (secondary N) is 3. The normalized spacial score (nSPS) is 17.4. The van der Waals surface area contributed by atoms with Gasteiger partial charge in [-0.1, -0.05) is 24.3 Å². The smallest absolute Gasteiger partial charge is 0.253 e. The summed E-state index contributed by atoms with van der Waals surface area (Å²) >= 11 is 0. The molecule has 1 aromatic carbocycles. The first-order valence-corrected chi connectivity index (χ1v) is 10.2. The molecule has 30 heavy (non-hydrogen) atoms. The SMILES string of the molecule is CC(=O)c1ccc(-c2nccc(-c3cc4c([nH]3)C3(CCNCC3)CNC4=O)n2)cc1. The average Bonchev–Trinajstić information content (AvgIpc) is 3.25. The molecule has 1 fully saturated rings. The van der Waals surface area contributed by atoms with E-state index < -0.39 is 0 Å². The minimum Gasteiger partial charge on any atom is -0.356 e. The van der Waals surface area contributed by atoms with Crippen molar-refractivity contribution in [3.05, 3.63) is 59.4 Å². The van der Waals surface area contributed by atoms with Gasteiger partial charge in [-0.2, -0.15) is 0 Å². The molecule has 1 spiro atoms. The summed E-state index contributed by atoms with van der Waals surface area (Å²) in [6, 6.07) is 11.0. The van der Waals surface area contributed by atoms with Crippen molar-refractivity contribution in [1.82, 2.24) is 25.6 Å². The minimum absolute atomic E-state index is 0.0262. The van der Waals surface area contributed by atoms with Crippen molar-refractivity contribution >= 4 is 11.7 Å². The van der Waals surface area contributed by atoms with Crippen LogP contribution in [0.15, 0.2) is 42.6 Å². The van der Waals surface area contributed by atoms with Crippen LogP contribution >= 0.6 is 0 Å². The van der Waals surface area contributed by atoms with Gasteiger partial charge in [0.1, 0.15) is 0 Å². The number of piperidine rings is 1. The first kappa shape index (κ1) is 18.7. The number of ketones is 1. The minimum atomic E-state index is -0.0505. The number of rotatable bonds is 3. The largest absolute Gasteiger partial charge is 0.356 e. The maximum Gasteiger partial charge on any atom is 0.253 e. The van der Waals surface area contributed by atoms with Gasteiger partial charge in [0.05, 0.1) is 17.0 Å². The number of nitrogens with zero attached hydrogens (tertiary/aromatic N) is 2. The molecule has 0 unspecified atom stereocenters. The molecule has 4 heterocycles. The van der Waals surface area contributed by atoms with Crippen LogP contribution in [0.1, 0.15) is 46.2 Å². The zero-order chi connectivity index (χ0) is 20.7. The number of carbonyl (C=O) groups excluding carboxylic acids is 2. The molecule has 5 rings (SSSR count). The Bertz CT molecular complexity index is 1130. The highest BCUT2D eigenvalue weighted by Gasteiger charge is 2.42. The van der Waals surface area contributed by atoms with Crippen molar-refractivity contribution < 1.29 is 9.59 Å². The van der Waals surface area contributed by atoms with Gasteiger partial charge in [0.2, 0.25) is 0 Å². The van der Waals surface area contributed by atoms with Crippen LogP contribution in [0.2, 0.25) is 0 Å². The number of aromatic nitrogens is 3. The molecule has 0 aliphatic carbocycles. The standard InChI is InChI=1S/C23H23N5O2/c1-14(29)15-2-4-16(5-3-15)21-25-9-6-18(28-21)19-12-17-20(27-19)23(13-26-22(17)30)7-10-24-11-8-23/h2-6,9,12,24,27H,7-8,10-11,13H2,1H3,(H,26,30). The molecule has 2 aliphatic heterocycles. The summed E-state index contributed by atoms with van der Waals surface area (Å²) in [5.74, 6) is 0.570. The number of hydrogen-bond acceptors (Lipinski definition) is 5. The monoisotopic (exact) mass is 401 g/mol. The van der Waals surface area contributed by atoms with Gasteiger partial charge in [-0.05, 0) is 45.0 Å². The summed E-state index contributed by atoms with van der Waals surface area (Å²) in [5.41, 5.74) is 4.74. The molecule has 0 saturated carbocycles. The number of carbonyl (C=O) groups is 2. The quantitative estimate of drug-likeness (QED) is 0.586. The number of Topliss-reactive ketones (excluding diaryl/α,β-unsaturated/α-hetero) is 1. The van der Waals surface area contributed by atoms with E-state index in [1.807, 2.05) is 24.3 Å². The van der Waals surface area contributed by atoms with Crippen LogP contribution in [0.5, 0.6) is 0 Å². The van der Waals surface area contributed by atoms with Gasteiger partial charge >= 0.3 is 0 Å². The molecule has 0 atom stereocenters. The average molecular weight is 401 g/mol. The molecule has 7 nitrogen and oxygen atoms in total. The molecule has 1 amide bonds. The molecule has 3 aromatic rings. The Morgan fingerprint density at radius 1 is 1.10 bits per heavy atom. The van der Waals surface area contributed by atoms with Gasteiger partial charge in [-0.15, -0.1) is 0 Å². The summed E-state index contributed by atoms with van der Waals surface area (Å²) in [5, 5.41) is 6.47. The fourth-order valence-corrected chi connectivity index (χ4v) is 4.46. The highest BCUT2D eigenvalue weighted by atomic mass is 16.1. The highest BCUT2D eigenvalue weighted by molar-refractivity contribution is 5.98. The van der Waals surface area contributed by atoms with E-state index in [1.165, 1.54) is 0 Å². The molecule has 2 aliphatic rings. The third-order valence-electron chi connectivity index (χ3n) is 6.22. The van der Waals surface area contributed by atoms with Crippen LogP contribution in [0.25, 0.3) is 22.8 Å². The van der Waals surface area contributed by atoms with E-state index in [1.54, 1.807) is 25.3 Å². The second-order valence-corrected chi connectivity index (χ2v) is 8.08. The van der Waals surface area contributed by atoms with E-state index in [9.17, 15) is 9.59 Å². The fraction of sp³-hybridized carbons (Fsp3) is 0.304. The first-order chi connectivity index (χ1) is 14.6. The molecule has 0 bridgehead atoms. The Hall–Kier alpha value is -3.32. The molecule has 2 aromatic heterocycles. The van der Waals surface area contributed by atoms with Crippen molar-refractivity contribution in [2.75, 3.05) is 19.6 Å². The van der Waals surface area contributed by atoms with Crippen LogP contribution in [0, 0.1) is 0 Å². The lowest BCUT2D eigenvalue weighted by Gasteiger charge is -2.40. The van der Waals surface area contributed by atoms with E-state index in [0.29, 0.717) is 23.5 Å². The summed E-state index contributed by atoms with van der Waals surface area (Å²) in [6.45, 7) is 4.09. The van der Waals surface area contributed by atoms with E-state index in [0.717, 1.165) is 48.6 Å². The van der Waals surface area contributed by atoms with Gasteiger partial charge < -0.3 is 15.6 Å². The third-order valence-corrected chi connectivity index (χ3v) is 6.22. The Kier molecular flexibility index (Phi) is 4.47. The fourth-order valence-electron chi connectivity index (χ4n) is 4.46. The summed E-state index contributed by atoms with van der Waals surface area (Å²) < 4.78 is 0. The summed E-state index contributed by atoms with van der Waals surface area (Å²) in [6.07, 6.45) is 3.69. The van der Waals surface area contributed by atoms with Gasteiger partial charge in [0.15, 0.2) is 11.6 Å². The van der Waals surface area contributed by atoms with Gasteiger partial charge in [-0.25, -0.2) is 9.97 Å². The van der Waals surface area contributed by atoms with Crippen LogP contribution in [0.4, 0.5) is 0 Å². The van der Waals surface area contributed by atoms with E-state index >= 15 is 0 Å². The van der Waals surface area contributed by atoms with Crippen LogP contribution < -0.4 is 10.6 Å². The van der Waals surface area contributed by atoms with Crippen molar-refractivity contribution in [3.8, 4) is 22.8 Å². The number of aromatic amines is 1. The second kappa shape index (κ2) is 7.18. The Morgan fingerprint density at radius 2 is 1.87 bits per heavy atom. The van der Waals surface area contributed by atoms with Gasteiger partial charge in [0.25, 0.3) is 5.91 Å². The molecular formula is C23H23N5O2. The summed E-state index contributed by atoms with van der Waals surface area (Å²) in [7, 11) is 0. The zero-order valence-electron chi connectivity index (χ0n) is 16.8. The van der Waals surface area contributed by atoms with E-state index in [4.69, 9.17) is 4.98 Å². The summed E-state index contributed by atoms with van der Waals surface area (Å²) in [4.78, 5) is 36.7. The maximum atomic E-state index is 12.5. The van der Waals surface area contributed by atoms with Crippen molar-refractivity contribution in [1.29, 1.82) is 0 Å². The Labute approximate surface area is 174 Å². The van der Waals surface area contributed by atoms with Crippen LogP contribution in [0.3, 0.4) is 0 Å². The lowest BCUT2D eigenvalue weighted by molar-refractivity contribution is 0.0913. The van der Waals surface area contributed by atoms with Crippen molar-refractivity contribution in [2.45, 2.75) is 25.2 Å². The third kappa shape index (κ3) is 3.11. The predicted molar refractivity (Wildman–Crippen MR) is 113 cm³/mol. The number of fused-ring (bicyclic) bond motifs is 2. The van der Waals surface area contributed by atoms with Crippen molar-refractivity contribution in [3.63, 3.8) is 0 Å². The topological polar surface area (TPSA) is 99.8 Å². The van der Waals surface area contributed by atoms with Gasteiger partial charge in [-0.3, -0.25) is 9.59 Å². The van der Waals surface area contributed by atoms with E-state index in [2.05, 4.69) is 20.6 Å². The molecule has 1 saturated heterocycles. The lowest BCUT2D eigenvalue weighted by atomic mass is 9.73. The number of amides is 1. The second-order valence-electron chi connectivity index (χ2n) is 8.08. The van der Waals surface area contributed by atoms with E-state index in [-0.39, 0.29) is 17.1 Å².